The maximum absolute atomic E-state index is 4.57. The van der Waals surface area contributed by atoms with Crippen LogP contribution in [0.2, 0.25) is 0 Å². The summed E-state index contributed by atoms with van der Waals surface area (Å²) in [6.45, 7) is 2.33. The lowest BCUT2D eigenvalue weighted by Crippen LogP contribution is -2.34. The van der Waals surface area contributed by atoms with E-state index in [9.17, 15) is 0 Å². The molecule has 2 aliphatic carbocycles. The summed E-state index contributed by atoms with van der Waals surface area (Å²) in [6, 6.07) is 5.46. The highest BCUT2D eigenvalue weighted by atomic mass is 15.0. The Hall–Kier alpha value is -0.890. The summed E-state index contributed by atoms with van der Waals surface area (Å²) in [5.74, 6) is 0.925. The highest BCUT2D eigenvalue weighted by Crippen LogP contribution is 2.35. The molecule has 1 N–H and O–H groups in total. The summed E-state index contributed by atoms with van der Waals surface area (Å²) in [7, 11) is 0. The molecule has 2 aliphatic rings. The van der Waals surface area contributed by atoms with Gasteiger partial charge in [0.1, 0.15) is 0 Å². The van der Waals surface area contributed by atoms with Gasteiger partial charge in [0.05, 0.1) is 5.69 Å². The van der Waals surface area contributed by atoms with Crippen LogP contribution in [0.4, 0.5) is 0 Å². The van der Waals surface area contributed by atoms with Gasteiger partial charge in [-0.1, -0.05) is 6.07 Å². The number of aryl methyl sites for hydroxylation is 1. The van der Waals surface area contributed by atoms with Crippen molar-refractivity contribution in [3.8, 4) is 0 Å². The van der Waals surface area contributed by atoms with Crippen LogP contribution in [0.1, 0.15) is 49.9 Å². The second-order valence-corrected chi connectivity index (χ2v) is 5.29. The smallest absolute Gasteiger partial charge is 0.0605 e. The van der Waals surface area contributed by atoms with Crippen molar-refractivity contribution >= 4 is 0 Å². The number of aromatic nitrogens is 1. The van der Waals surface area contributed by atoms with E-state index in [4.69, 9.17) is 0 Å². The van der Waals surface area contributed by atoms with Crippen LogP contribution < -0.4 is 5.32 Å². The van der Waals surface area contributed by atoms with Gasteiger partial charge in [-0.15, -0.1) is 0 Å². The summed E-state index contributed by atoms with van der Waals surface area (Å²) in [4.78, 5) is 4.57. The minimum Gasteiger partial charge on any atom is -0.306 e. The van der Waals surface area contributed by atoms with Gasteiger partial charge in [-0.2, -0.15) is 0 Å². The summed E-state index contributed by atoms with van der Waals surface area (Å²) < 4.78 is 0. The molecular weight excluding hydrogens is 196 g/mol. The first-order valence-corrected chi connectivity index (χ1v) is 6.54. The molecule has 0 aliphatic heterocycles. The van der Waals surface area contributed by atoms with Crippen molar-refractivity contribution in [2.75, 3.05) is 0 Å². The fourth-order valence-corrected chi connectivity index (χ4v) is 2.82. The highest BCUT2D eigenvalue weighted by molar-refractivity contribution is 5.25. The Labute approximate surface area is 97.5 Å². The van der Waals surface area contributed by atoms with E-state index in [1.54, 1.807) is 0 Å². The fourth-order valence-electron chi connectivity index (χ4n) is 2.82. The third-order valence-electron chi connectivity index (χ3n) is 3.99. The lowest BCUT2D eigenvalue weighted by atomic mass is 9.91. The number of rotatable bonds is 3. The Morgan fingerprint density at radius 3 is 3.06 bits per heavy atom. The summed E-state index contributed by atoms with van der Waals surface area (Å²) in [6.07, 6.45) is 8.51. The van der Waals surface area contributed by atoms with Gasteiger partial charge in [0.15, 0.2) is 0 Å². The van der Waals surface area contributed by atoms with E-state index in [1.807, 2.05) is 6.20 Å². The zero-order valence-electron chi connectivity index (χ0n) is 9.95. The quantitative estimate of drug-likeness (QED) is 0.840. The van der Waals surface area contributed by atoms with Gasteiger partial charge in [0, 0.05) is 18.3 Å². The Morgan fingerprint density at radius 2 is 2.25 bits per heavy atom. The molecule has 0 aromatic carbocycles. The van der Waals surface area contributed by atoms with Crippen molar-refractivity contribution in [2.24, 2.45) is 5.92 Å². The zero-order valence-corrected chi connectivity index (χ0v) is 9.95. The number of hydrogen-bond acceptors (Lipinski definition) is 2. The molecule has 0 radical (unpaired) electrons. The van der Waals surface area contributed by atoms with E-state index in [0.717, 1.165) is 5.92 Å². The number of nitrogens with zero attached hydrogens (tertiary/aromatic N) is 1. The second-order valence-electron chi connectivity index (χ2n) is 5.29. The van der Waals surface area contributed by atoms with Crippen molar-refractivity contribution in [3.63, 3.8) is 0 Å². The molecule has 1 aromatic heterocycles. The van der Waals surface area contributed by atoms with Crippen LogP contribution in [0.25, 0.3) is 0 Å². The molecule has 2 atom stereocenters. The van der Waals surface area contributed by atoms with E-state index in [1.165, 1.54) is 43.4 Å². The second kappa shape index (κ2) is 4.17. The number of hydrogen-bond donors (Lipinski definition) is 1. The lowest BCUT2D eigenvalue weighted by Gasteiger charge is -2.28. The lowest BCUT2D eigenvalue weighted by molar-refractivity contribution is 0.378. The normalized spacial score (nSPS) is 26.2. The van der Waals surface area contributed by atoms with Crippen molar-refractivity contribution < 1.29 is 0 Å². The largest absolute Gasteiger partial charge is 0.306 e. The highest BCUT2D eigenvalue weighted by Gasteiger charge is 2.31. The van der Waals surface area contributed by atoms with Gasteiger partial charge >= 0.3 is 0 Å². The Morgan fingerprint density at radius 1 is 1.38 bits per heavy atom. The zero-order chi connectivity index (χ0) is 11.0. The number of fused-ring (bicyclic) bond motifs is 1. The maximum Gasteiger partial charge on any atom is 0.0605 e. The first-order chi connectivity index (χ1) is 7.84. The summed E-state index contributed by atoms with van der Waals surface area (Å²) in [5.41, 5.74) is 2.76. The summed E-state index contributed by atoms with van der Waals surface area (Å²) in [5, 5.41) is 3.77. The molecule has 2 nitrogen and oxygen atoms in total. The van der Waals surface area contributed by atoms with Crippen LogP contribution in [0, 0.1) is 5.92 Å². The van der Waals surface area contributed by atoms with Gasteiger partial charge in [0.2, 0.25) is 0 Å². The molecule has 0 bridgehead atoms. The molecule has 0 spiro atoms. The van der Waals surface area contributed by atoms with Crippen LogP contribution in [0.3, 0.4) is 0 Å². The van der Waals surface area contributed by atoms with Gasteiger partial charge in [-0.05, 0) is 56.6 Å². The molecule has 2 unspecified atom stereocenters. The topological polar surface area (TPSA) is 24.9 Å². The molecule has 1 aromatic rings. The number of nitrogens with one attached hydrogen (secondary N) is 1. The fraction of sp³-hybridized carbons (Fsp3) is 0.643. The monoisotopic (exact) mass is 216 g/mol. The van der Waals surface area contributed by atoms with E-state index in [-0.39, 0.29) is 0 Å². The van der Waals surface area contributed by atoms with Crippen LogP contribution >= 0.6 is 0 Å². The van der Waals surface area contributed by atoms with Crippen molar-refractivity contribution in [1.29, 1.82) is 0 Å². The molecule has 86 valence electrons. The van der Waals surface area contributed by atoms with Gasteiger partial charge in [0.25, 0.3) is 0 Å². The van der Waals surface area contributed by atoms with Gasteiger partial charge in [-0.25, -0.2) is 0 Å². The minimum absolute atomic E-state index is 0.501. The average Bonchev–Trinajstić information content (AvgIpc) is 3.13. The Kier molecular flexibility index (Phi) is 2.68. The van der Waals surface area contributed by atoms with Crippen LogP contribution in [0.15, 0.2) is 18.3 Å². The predicted octanol–water partition coefficient (Wildman–Crippen LogP) is 2.85. The van der Waals surface area contributed by atoms with Crippen molar-refractivity contribution in [1.82, 2.24) is 10.3 Å². The predicted molar refractivity (Wildman–Crippen MR) is 65.2 cm³/mol. The van der Waals surface area contributed by atoms with Crippen LogP contribution in [-0.4, -0.2) is 11.0 Å². The average molecular weight is 216 g/mol. The standard InChI is InChI=1S/C14H20N2/c1-10(11-7-8-11)16-13-6-2-4-12-5-3-9-15-14(12)13/h3,5,9-11,13,16H,2,4,6-8H2,1H3. The molecule has 3 rings (SSSR count). The molecule has 0 amide bonds. The van der Waals surface area contributed by atoms with E-state index >= 15 is 0 Å². The molecule has 1 heterocycles. The summed E-state index contributed by atoms with van der Waals surface area (Å²) >= 11 is 0. The van der Waals surface area contributed by atoms with E-state index in [0.29, 0.717) is 12.1 Å². The molecule has 0 saturated heterocycles. The molecule has 2 heteroatoms. The third kappa shape index (κ3) is 1.99. The van der Waals surface area contributed by atoms with Gasteiger partial charge in [-0.3, -0.25) is 4.98 Å². The van der Waals surface area contributed by atoms with E-state index < -0.39 is 0 Å². The molecular formula is C14H20N2. The molecule has 1 fully saturated rings. The van der Waals surface area contributed by atoms with Crippen molar-refractivity contribution in [3.05, 3.63) is 29.6 Å². The third-order valence-corrected chi connectivity index (χ3v) is 3.99. The molecule has 16 heavy (non-hydrogen) atoms. The van der Waals surface area contributed by atoms with Crippen molar-refractivity contribution in [2.45, 2.75) is 51.1 Å². The maximum atomic E-state index is 4.57. The minimum atomic E-state index is 0.501. The number of pyridine rings is 1. The first-order valence-electron chi connectivity index (χ1n) is 6.54. The Bertz CT molecular complexity index is 371. The molecule has 1 saturated carbocycles. The SMILES string of the molecule is CC(NC1CCCc2cccnc21)C1CC1. The van der Waals surface area contributed by atoms with Crippen LogP contribution in [-0.2, 0) is 6.42 Å². The van der Waals surface area contributed by atoms with Crippen LogP contribution in [0.5, 0.6) is 0 Å². The van der Waals surface area contributed by atoms with Gasteiger partial charge < -0.3 is 5.32 Å². The first kappa shape index (κ1) is 10.3. The van der Waals surface area contributed by atoms with E-state index in [2.05, 4.69) is 29.4 Å². The Balaban J connectivity index is 1.76.